The van der Waals surface area contributed by atoms with Crippen LogP contribution in [0.3, 0.4) is 0 Å². The molecule has 0 spiro atoms. The molecule has 0 aliphatic rings. The summed E-state index contributed by atoms with van der Waals surface area (Å²) in [6.07, 6.45) is 1.89. The van der Waals surface area contributed by atoms with E-state index < -0.39 is 5.97 Å². The van der Waals surface area contributed by atoms with Crippen LogP contribution in [-0.2, 0) is 17.7 Å². The van der Waals surface area contributed by atoms with Crippen molar-refractivity contribution in [1.29, 1.82) is 0 Å². The first-order valence-corrected chi connectivity index (χ1v) is 11.8. The molecule has 0 saturated heterocycles. The predicted molar refractivity (Wildman–Crippen MR) is 131 cm³/mol. The molecule has 0 atom stereocenters. The van der Waals surface area contributed by atoms with Crippen molar-refractivity contribution in [2.24, 2.45) is 5.73 Å². The lowest BCUT2D eigenvalue weighted by molar-refractivity contribution is 0.0520. The average Bonchev–Trinajstić information content (AvgIpc) is 3.29. The maximum atomic E-state index is 12.0. The molecule has 0 amide bonds. The van der Waals surface area contributed by atoms with E-state index in [1.54, 1.807) is 12.3 Å². The largest absolute Gasteiger partial charge is 0.461 e. The molecule has 32 heavy (non-hydrogen) atoms. The van der Waals surface area contributed by atoms with Gasteiger partial charge in [-0.05, 0) is 55.2 Å². The van der Waals surface area contributed by atoms with E-state index in [4.69, 9.17) is 15.5 Å². The number of nitrogens with two attached hydrogens (primary N) is 1. The number of ether oxygens (including phenoxy) is 1. The number of esters is 1. The number of aromatic nitrogens is 2. The Kier molecular flexibility index (Phi) is 6.63. The van der Waals surface area contributed by atoms with Gasteiger partial charge < -0.3 is 10.5 Å². The highest BCUT2D eigenvalue weighted by Gasteiger charge is 2.18. The molecule has 4 aromatic rings. The molecule has 0 unspecified atom stereocenters. The summed E-state index contributed by atoms with van der Waals surface area (Å²) >= 11 is 1.43. The van der Waals surface area contributed by atoms with Gasteiger partial charge >= 0.3 is 5.97 Å². The van der Waals surface area contributed by atoms with Crippen LogP contribution in [0.15, 0.2) is 47.8 Å². The van der Waals surface area contributed by atoms with Crippen molar-refractivity contribution in [3.05, 3.63) is 70.4 Å². The van der Waals surface area contributed by atoms with E-state index in [0.29, 0.717) is 18.8 Å². The summed E-state index contributed by atoms with van der Waals surface area (Å²) in [4.78, 5) is 21.5. The number of nitrogens with zero attached hydrogens (tertiary/aromatic N) is 2. The number of carbonyl (C=O) groups excluding carboxylic acids is 1. The normalized spacial score (nSPS) is 11.1. The maximum absolute atomic E-state index is 12.0. The van der Waals surface area contributed by atoms with Gasteiger partial charge in [0.25, 0.3) is 0 Å². The SMILES string of the molecule is CCCc1nc2ccc(-c3nc(C(=O)OCC)cs3)cc2c(-c2ccc(C)cc2)c1CN. The van der Waals surface area contributed by atoms with Gasteiger partial charge in [-0.3, -0.25) is 4.98 Å². The summed E-state index contributed by atoms with van der Waals surface area (Å²) in [5, 5.41) is 3.56. The van der Waals surface area contributed by atoms with Crippen LogP contribution in [0.1, 0.15) is 47.6 Å². The lowest BCUT2D eigenvalue weighted by atomic mass is 9.92. The molecular formula is C26H27N3O2S. The Balaban J connectivity index is 1.91. The fourth-order valence-corrected chi connectivity index (χ4v) is 4.69. The van der Waals surface area contributed by atoms with Crippen molar-refractivity contribution in [3.8, 4) is 21.7 Å². The molecule has 2 heterocycles. The predicted octanol–water partition coefficient (Wildman–Crippen LogP) is 5.92. The van der Waals surface area contributed by atoms with Crippen molar-refractivity contribution in [3.63, 3.8) is 0 Å². The van der Waals surface area contributed by atoms with E-state index >= 15 is 0 Å². The molecule has 4 rings (SSSR count). The summed E-state index contributed by atoms with van der Waals surface area (Å²) in [7, 11) is 0. The van der Waals surface area contributed by atoms with Crippen LogP contribution in [0.2, 0.25) is 0 Å². The van der Waals surface area contributed by atoms with Crippen LogP contribution in [-0.4, -0.2) is 22.5 Å². The standard InChI is InChI=1S/C26H27N3O2S/c1-4-6-21-20(14-27)24(17-9-7-16(3)8-10-17)19-13-18(11-12-22(19)28-21)25-29-23(15-32-25)26(30)31-5-2/h7-13,15H,4-6,14,27H2,1-3H3. The lowest BCUT2D eigenvalue weighted by Gasteiger charge is -2.17. The van der Waals surface area contributed by atoms with E-state index in [-0.39, 0.29) is 0 Å². The van der Waals surface area contributed by atoms with Crippen molar-refractivity contribution >= 4 is 28.2 Å². The molecule has 0 aliphatic heterocycles. The number of thiazole rings is 1. The quantitative estimate of drug-likeness (QED) is 0.357. The fourth-order valence-electron chi connectivity index (χ4n) is 3.91. The minimum absolute atomic E-state index is 0.329. The molecule has 2 aromatic carbocycles. The number of rotatable bonds is 7. The molecule has 6 heteroatoms. The first-order chi connectivity index (χ1) is 15.5. The number of hydrogen-bond acceptors (Lipinski definition) is 6. The monoisotopic (exact) mass is 445 g/mol. The van der Waals surface area contributed by atoms with Crippen LogP contribution in [0, 0.1) is 6.92 Å². The summed E-state index contributed by atoms with van der Waals surface area (Å²) in [6.45, 7) is 6.79. The molecule has 5 nitrogen and oxygen atoms in total. The first-order valence-electron chi connectivity index (χ1n) is 10.9. The molecular weight excluding hydrogens is 418 g/mol. The number of carbonyl (C=O) groups is 1. The Labute approximate surface area is 192 Å². The van der Waals surface area contributed by atoms with Crippen LogP contribution in [0.25, 0.3) is 32.6 Å². The summed E-state index contributed by atoms with van der Waals surface area (Å²) in [5.74, 6) is -0.396. The second-order valence-electron chi connectivity index (χ2n) is 7.72. The van der Waals surface area contributed by atoms with E-state index in [1.165, 1.54) is 16.9 Å². The van der Waals surface area contributed by atoms with Gasteiger partial charge in [0, 0.05) is 28.6 Å². The fraction of sp³-hybridized carbons (Fsp3) is 0.269. The van der Waals surface area contributed by atoms with Gasteiger partial charge in [-0.15, -0.1) is 11.3 Å². The number of aryl methyl sites for hydroxylation is 2. The van der Waals surface area contributed by atoms with E-state index in [2.05, 4.69) is 49.2 Å². The highest BCUT2D eigenvalue weighted by Crippen LogP contribution is 2.36. The van der Waals surface area contributed by atoms with Crippen LogP contribution in [0.4, 0.5) is 0 Å². The van der Waals surface area contributed by atoms with Crippen LogP contribution >= 0.6 is 11.3 Å². The Morgan fingerprint density at radius 2 is 1.81 bits per heavy atom. The maximum Gasteiger partial charge on any atom is 0.357 e. The van der Waals surface area contributed by atoms with E-state index in [0.717, 1.165) is 56.7 Å². The van der Waals surface area contributed by atoms with Crippen molar-refractivity contribution < 1.29 is 9.53 Å². The van der Waals surface area contributed by atoms with Crippen molar-refractivity contribution in [1.82, 2.24) is 9.97 Å². The molecule has 2 aromatic heterocycles. The van der Waals surface area contributed by atoms with Gasteiger partial charge in [-0.1, -0.05) is 43.2 Å². The van der Waals surface area contributed by atoms with Crippen LogP contribution < -0.4 is 5.73 Å². The van der Waals surface area contributed by atoms with Gasteiger partial charge in [0.1, 0.15) is 5.01 Å². The molecule has 0 fully saturated rings. The molecule has 2 N–H and O–H groups in total. The Morgan fingerprint density at radius 1 is 1.06 bits per heavy atom. The zero-order valence-electron chi connectivity index (χ0n) is 18.6. The number of fused-ring (bicyclic) bond motifs is 1. The number of benzene rings is 2. The smallest absolute Gasteiger partial charge is 0.357 e. The van der Waals surface area contributed by atoms with Gasteiger partial charge in [0.05, 0.1) is 12.1 Å². The second-order valence-corrected chi connectivity index (χ2v) is 8.58. The van der Waals surface area contributed by atoms with E-state index in [9.17, 15) is 4.79 Å². The molecule has 0 bridgehead atoms. The third-order valence-corrected chi connectivity index (χ3v) is 6.33. The average molecular weight is 446 g/mol. The third-order valence-electron chi connectivity index (χ3n) is 5.44. The Hall–Kier alpha value is -3.09. The first kappa shape index (κ1) is 22.1. The summed E-state index contributed by atoms with van der Waals surface area (Å²) < 4.78 is 5.08. The summed E-state index contributed by atoms with van der Waals surface area (Å²) in [6, 6.07) is 14.7. The topological polar surface area (TPSA) is 78.1 Å². The Morgan fingerprint density at radius 3 is 2.50 bits per heavy atom. The zero-order valence-corrected chi connectivity index (χ0v) is 19.5. The van der Waals surface area contributed by atoms with Crippen molar-refractivity contribution in [2.75, 3.05) is 6.61 Å². The van der Waals surface area contributed by atoms with Gasteiger partial charge in [-0.25, -0.2) is 9.78 Å². The van der Waals surface area contributed by atoms with Gasteiger partial charge in [-0.2, -0.15) is 0 Å². The van der Waals surface area contributed by atoms with Crippen molar-refractivity contribution in [2.45, 2.75) is 40.2 Å². The number of hydrogen-bond donors (Lipinski definition) is 1. The molecule has 0 aliphatic carbocycles. The third kappa shape index (κ3) is 4.29. The van der Waals surface area contributed by atoms with Crippen LogP contribution in [0.5, 0.6) is 0 Å². The molecule has 0 radical (unpaired) electrons. The zero-order chi connectivity index (χ0) is 22.7. The second kappa shape index (κ2) is 9.59. The number of pyridine rings is 1. The van der Waals surface area contributed by atoms with Gasteiger partial charge in [0.15, 0.2) is 5.69 Å². The minimum atomic E-state index is -0.396. The molecule has 0 saturated carbocycles. The van der Waals surface area contributed by atoms with E-state index in [1.807, 2.05) is 12.1 Å². The molecule has 164 valence electrons. The van der Waals surface area contributed by atoms with Gasteiger partial charge in [0.2, 0.25) is 0 Å². The highest BCUT2D eigenvalue weighted by atomic mass is 32.1. The summed E-state index contributed by atoms with van der Waals surface area (Å²) in [5.41, 5.74) is 14.1. The lowest BCUT2D eigenvalue weighted by Crippen LogP contribution is -2.07. The Bertz CT molecular complexity index is 1260. The highest BCUT2D eigenvalue weighted by molar-refractivity contribution is 7.13. The minimum Gasteiger partial charge on any atom is -0.461 e.